The molecule has 1 N–H and O–H groups in total. The summed E-state index contributed by atoms with van der Waals surface area (Å²) < 4.78 is 16.7. The minimum atomic E-state index is -0.613. The van der Waals surface area contributed by atoms with Gasteiger partial charge < -0.3 is 19.3 Å². The normalized spacial score (nSPS) is 15.4. The molecule has 184 valence electrons. The number of benzene rings is 3. The molecular weight excluding hydrogens is 474 g/mol. The van der Waals surface area contributed by atoms with Crippen molar-refractivity contribution < 1.29 is 24.1 Å². The number of hydrogen-bond donors (Lipinski definition) is 1. The molecule has 0 fully saturated rings. The second-order valence-corrected chi connectivity index (χ2v) is 9.02. The maximum absolute atomic E-state index is 12.6. The van der Waals surface area contributed by atoms with Gasteiger partial charge in [-0.2, -0.15) is 0 Å². The van der Waals surface area contributed by atoms with Gasteiger partial charge in [-0.05, 0) is 55.3 Å². The SMILES string of the molecule is CCOC(=O)C1=C(O)/C(=C/c2ccc(OCc3ccc(C)cc3)c(OC)c2)SC1=Nc1ccccc1. The third kappa shape index (κ3) is 5.98. The van der Waals surface area contributed by atoms with E-state index in [0.29, 0.717) is 33.7 Å². The Balaban J connectivity index is 1.61. The fourth-order valence-corrected chi connectivity index (χ4v) is 4.54. The van der Waals surface area contributed by atoms with Crippen LogP contribution in [0.2, 0.25) is 0 Å². The predicted octanol–water partition coefficient (Wildman–Crippen LogP) is 6.78. The van der Waals surface area contributed by atoms with Gasteiger partial charge in [-0.1, -0.05) is 65.9 Å². The average molecular weight is 502 g/mol. The average Bonchev–Trinajstić information content (AvgIpc) is 3.19. The first-order valence-electron chi connectivity index (χ1n) is 11.5. The molecule has 0 spiro atoms. The Bertz CT molecular complexity index is 1330. The Hall–Kier alpha value is -3.97. The number of esters is 1. The molecule has 0 aliphatic carbocycles. The molecule has 0 saturated heterocycles. The van der Waals surface area contributed by atoms with Crippen molar-refractivity contribution in [1.29, 1.82) is 0 Å². The minimum absolute atomic E-state index is 0.0574. The van der Waals surface area contributed by atoms with Gasteiger partial charge in [0.05, 0.1) is 24.3 Å². The monoisotopic (exact) mass is 501 g/mol. The molecule has 1 aliphatic heterocycles. The summed E-state index contributed by atoms with van der Waals surface area (Å²) in [7, 11) is 1.58. The van der Waals surface area contributed by atoms with Crippen LogP contribution in [0.1, 0.15) is 23.6 Å². The number of aliphatic hydroxyl groups excluding tert-OH is 1. The highest BCUT2D eigenvalue weighted by molar-refractivity contribution is 8.18. The van der Waals surface area contributed by atoms with Crippen molar-refractivity contribution in [2.24, 2.45) is 4.99 Å². The summed E-state index contributed by atoms with van der Waals surface area (Å²) in [6, 6.07) is 22.9. The number of aliphatic imine (C=N–C) groups is 1. The van der Waals surface area contributed by atoms with E-state index in [1.54, 1.807) is 20.1 Å². The fraction of sp³-hybridized carbons (Fsp3) is 0.172. The first kappa shape index (κ1) is 25.1. The van der Waals surface area contributed by atoms with Crippen molar-refractivity contribution in [3.8, 4) is 11.5 Å². The third-order valence-electron chi connectivity index (χ3n) is 5.36. The van der Waals surface area contributed by atoms with E-state index >= 15 is 0 Å². The second kappa shape index (κ2) is 11.6. The number of methoxy groups -OCH3 is 1. The van der Waals surface area contributed by atoms with E-state index in [9.17, 15) is 9.90 Å². The fourth-order valence-electron chi connectivity index (χ4n) is 3.50. The van der Waals surface area contributed by atoms with Crippen LogP contribution in [-0.4, -0.2) is 29.8 Å². The zero-order valence-corrected chi connectivity index (χ0v) is 21.2. The highest BCUT2D eigenvalue weighted by Gasteiger charge is 2.33. The summed E-state index contributed by atoms with van der Waals surface area (Å²) in [6.07, 6.45) is 1.78. The van der Waals surface area contributed by atoms with E-state index in [0.717, 1.165) is 11.1 Å². The van der Waals surface area contributed by atoms with Crippen LogP contribution < -0.4 is 9.47 Å². The maximum Gasteiger partial charge on any atom is 0.344 e. The summed E-state index contributed by atoms with van der Waals surface area (Å²) in [5.74, 6) is 0.397. The molecule has 0 amide bonds. The molecule has 0 bridgehead atoms. The molecule has 0 atom stereocenters. The molecule has 4 rings (SSSR count). The number of rotatable bonds is 8. The van der Waals surface area contributed by atoms with Crippen molar-refractivity contribution >= 4 is 34.5 Å². The van der Waals surface area contributed by atoms with Crippen molar-refractivity contribution in [3.63, 3.8) is 0 Å². The van der Waals surface area contributed by atoms with Crippen LogP contribution in [0.4, 0.5) is 5.69 Å². The van der Waals surface area contributed by atoms with Gasteiger partial charge in [-0.15, -0.1) is 0 Å². The van der Waals surface area contributed by atoms with Crippen molar-refractivity contribution in [2.45, 2.75) is 20.5 Å². The predicted molar refractivity (Wildman–Crippen MR) is 144 cm³/mol. The van der Waals surface area contributed by atoms with Crippen LogP contribution in [0.15, 0.2) is 94.0 Å². The standard InChI is InChI=1S/C29H27NO5S/c1-4-34-29(32)26-27(31)25(36-28(26)30-22-8-6-5-7-9-22)17-21-14-15-23(24(16-21)33-3)35-18-20-12-10-19(2)11-13-20/h5-17,31H,4,18H2,1-3H3/b25-17-,30-28?. The first-order chi connectivity index (χ1) is 17.5. The van der Waals surface area contributed by atoms with Gasteiger partial charge >= 0.3 is 5.97 Å². The Kier molecular flexibility index (Phi) is 8.13. The Morgan fingerprint density at radius 3 is 2.47 bits per heavy atom. The number of aliphatic hydroxyl groups is 1. The summed E-state index contributed by atoms with van der Waals surface area (Å²) in [4.78, 5) is 17.7. The molecule has 36 heavy (non-hydrogen) atoms. The molecule has 0 saturated carbocycles. The van der Waals surface area contributed by atoms with Gasteiger partial charge in [-0.25, -0.2) is 9.79 Å². The van der Waals surface area contributed by atoms with Gasteiger partial charge in [-0.3, -0.25) is 0 Å². The second-order valence-electron chi connectivity index (χ2n) is 7.99. The summed E-state index contributed by atoms with van der Waals surface area (Å²) >= 11 is 1.21. The number of para-hydroxylation sites is 1. The number of carbonyl (C=O) groups excluding carboxylic acids is 1. The van der Waals surface area contributed by atoms with Gasteiger partial charge in [0.15, 0.2) is 11.5 Å². The van der Waals surface area contributed by atoms with Gasteiger partial charge in [0.25, 0.3) is 0 Å². The third-order valence-corrected chi connectivity index (χ3v) is 6.38. The molecule has 7 heteroatoms. The van der Waals surface area contributed by atoms with Gasteiger partial charge in [0, 0.05) is 0 Å². The molecule has 6 nitrogen and oxygen atoms in total. The van der Waals surface area contributed by atoms with Crippen LogP contribution in [0.25, 0.3) is 6.08 Å². The molecule has 0 unspecified atom stereocenters. The zero-order chi connectivity index (χ0) is 25.5. The molecule has 3 aromatic carbocycles. The quantitative estimate of drug-likeness (QED) is 0.343. The summed E-state index contributed by atoms with van der Waals surface area (Å²) in [6.45, 7) is 4.37. The van der Waals surface area contributed by atoms with Crippen LogP contribution >= 0.6 is 11.8 Å². The Morgan fingerprint density at radius 2 is 1.78 bits per heavy atom. The lowest BCUT2D eigenvalue weighted by Gasteiger charge is -2.12. The summed E-state index contributed by atoms with van der Waals surface area (Å²) in [5, 5.41) is 11.3. The van der Waals surface area contributed by atoms with Crippen molar-refractivity contribution in [1.82, 2.24) is 0 Å². The lowest BCUT2D eigenvalue weighted by molar-refractivity contribution is -0.138. The Morgan fingerprint density at radius 1 is 1.03 bits per heavy atom. The van der Waals surface area contributed by atoms with E-state index in [-0.39, 0.29) is 17.9 Å². The molecule has 3 aromatic rings. The molecule has 0 radical (unpaired) electrons. The summed E-state index contributed by atoms with van der Waals surface area (Å²) in [5.41, 5.74) is 3.75. The van der Waals surface area contributed by atoms with E-state index in [2.05, 4.69) is 4.99 Å². The largest absolute Gasteiger partial charge is 0.506 e. The van der Waals surface area contributed by atoms with Crippen LogP contribution in [0.5, 0.6) is 11.5 Å². The van der Waals surface area contributed by atoms with Crippen molar-refractivity contribution in [3.05, 3.63) is 106 Å². The van der Waals surface area contributed by atoms with Crippen LogP contribution in [0, 0.1) is 6.92 Å². The van der Waals surface area contributed by atoms with E-state index in [1.807, 2.05) is 79.7 Å². The van der Waals surface area contributed by atoms with E-state index in [4.69, 9.17) is 14.2 Å². The number of aryl methyl sites for hydroxylation is 1. The molecule has 0 aromatic heterocycles. The lowest BCUT2D eigenvalue weighted by Crippen LogP contribution is -2.12. The van der Waals surface area contributed by atoms with E-state index in [1.165, 1.54) is 17.3 Å². The minimum Gasteiger partial charge on any atom is -0.506 e. The lowest BCUT2D eigenvalue weighted by atomic mass is 10.1. The smallest absolute Gasteiger partial charge is 0.344 e. The van der Waals surface area contributed by atoms with Crippen LogP contribution in [-0.2, 0) is 16.1 Å². The highest BCUT2D eigenvalue weighted by Crippen LogP contribution is 2.41. The number of hydrogen-bond acceptors (Lipinski definition) is 7. The Labute approximate surface area is 214 Å². The van der Waals surface area contributed by atoms with Crippen LogP contribution in [0.3, 0.4) is 0 Å². The molecule has 1 aliphatic rings. The topological polar surface area (TPSA) is 77.4 Å². The maximum atomic E-state index is 12.6. The zero-order valence-electron chi connectivity index (χ0n) is 20.4. The molecule has 1 heterocycles. The van der Waals surface area contributed by atoms with E-state index < -0.39 is 5.97 Å². The number of thioether (sulfide) groups is 1. The first-order valence-corrected chi connectivity index (χ1v) is 12.3. The number of ether oxygens (including phenoxy) is 3. The highest BCUT2D eigenvalue weighted by atomic mass is 32.2. The number of carbonyl (C=O) groups is 1. The number of nitrogens with zero attached hydrogens (tertiary/aromatic N) is 1. The van der Waals surface area contributed by atoms with Gasteiger partial charge in [0.1, 0.15) is 23.0 Å². The van der Waals surface area contributed by atoms with Crippen molar-refractivity contribution in [2.75, 3.05) is 13.7 Å². The molecular formula is C29H27NO5S. The van der Waals surface area contributed by atoms with Gasteiger partial charge in [0.2, 0.25) is 0 Å².